The summed E-state index contributed by atoms with van der Waals surface area (Å²) in [6.45, 7) is 10.6. The van der Waals surface area contributed by atoms with Gasteiger partial charge in [-0.25, -0.2) is 0 Å². The van der Waals surface area contributed by atoms with Crippen molar-refractivity contribution in [2.75, 3.05) is 6.54 Å². The third-order valence-electron chi connectivity index (χ3n) is 4.29. The van der Waals surface area contributed by atoms with E-state index in [1.54, 1.807) is 0 Å². The van der Waals surface area contributed by atoms with Gasteiger partial charge in [0.25, 0.3) is 0 Å². The van der Waals surface area contributed by atoms with Gasteiger partial charge in [-0.1, -0.05) is 39.5 Å². The predicted octanol–water partition coefficient (Wildman–Crippen LogP) is 4.10. The van der Waals surface area contributed by atoms with E-state index in [1.165, 1.54) is 57.9 Å². The average molecular weight is 268 g/mol. The molecule has 1 heterocycles. The van der Waals surface area contributed by atoms with Gasteiger partial charge in [0.15, 0.2) is 0 Å². The van der Waals surface area contributed by atoms with Crippen LogP contribution in [0.1, 0.15) is 79.1 Å². The predicted molar refractivity (Wildman–Crippen MR) is 85.6 cm³/mol. The Morgan fingerprint density at radius 3 is 2.53 bits per heavy atom. The minimum Gasteiger partial charge on any atom is -0.314 e. The highest BCUT2D eigenvalue weighted by Gasteiger charge is 2.16. The van der Waals surface area contributed by atoms with E-state index in [-0.39, 0.29) is 0 Å². The number of hydrogen-bond acceptors (Lipinski definition) is 2. The maximum Gasteiger partial charge on any atom is 0.00817 e. The maximum absolute atomic E-state index is 3.78. The third-order valence-corrected chi connectivity index (χ3v) is 4.29. The van der Waals surface area contributed by atoms with Crippen molar-refractivity contribution < 1.29 is 0 Å². The first kappa shape index (κ1) is 17.0. The summed E-state index contributed by atoms with van der Waals surface area (Å²) in [4.78, 5) is 0. The zero-order valence-corrected chi connectivity index (χ0v) is 13.7. The fourth-order valence-electron chi connectivity index (χ4n) is 3.20. The topological polar surface area (TPSA) is 24.1 Å². The van der Waals surface area contributed by atoms with Gasteiger partial charge in [-0.3, -0.25) is 0 Å². The van der Waals surface area contributed by atoms with Gasteiger partial charge in [0.2, 0.25) is 0 Å². The second-order valence-electron chi connectivity index (χ2n) is 7.03. The van der Waals surface area contributed by atoms with E-state index >= 15 is 0 Å². The molecule has 2 N–H and O–H groups in total. The van der Waals surface area contributed by atoms with Gasteiger partial charge in [0.1, 0.15) is 0 Å². The van der Waals surface area contributed by atoms with E-state index in [4.69, 9.17) is 0 Å². The molecule has 0 aliphatic carbocycles. The standard InChI is InChI=1S/C17H36N2/c1-14(2)9-8-10-15(3)19-16(4)13-17-11-6-5-7-12-18-17/h14-19H,5-13H2,1-4H3. The highest BCUT2D eigenvalue weighted by Crippen LogP contribution is 2.14. The number of hydrogen-bond donors (Lipinski definition) is 2. The summed E-state index contributed by atoms with van der Waals surface area (Å²) in [7, 11) is 0. The zero-order valence-electron chi connectivity index (χ0n) is 13.7. The van der Waals surface area contributed by atoms with E-state index in [0.29, 0.717) is 12.1 Å². The van der Waals surface area contributed by atoms with Crippen LogP contribution in [0.4, 0.5) is 0 Å². The lowest BCUT2D eigenvalue weighted by atomic mass is 10.0. The van der Waals surface area contributed by atoms with Crippen molar-refractivity contribution in [1.29, 1.82) is 0 Å². The molecular formula is C17H36N2. The van der Waals surface area contributed by atoms with Crippen LogP contribution in [0.25, 0.3) is 0 Å². The highest BCUT2D eigenvalue weighted by atomic mass is 15.0. The highest BCUT2D eigenvalue weighted by molar-refractivity contribution is 4.77. The van der Waals surface area contributed by atoms with Gasteiger partial charge in [0.05, 0.1) is 0 Å². The molecule has 3 atom stereocenters. The lowest BCUT2D eigenvalue weighted by Crippen LogP contribution is -2.40. The van der Waals surface area contributed by atoms with Gasteiger partial charge in [-0.05, 0) is 52.0 Å². The Morgan fingerprint density at radius 2 is 1.79 bits per heavy atom. The normalized spacial score (nSPS) is 24.2. The van der Waals surface area contributed by atoms with Crippen molar-refractivity contribution in [2.24, 2.45) is 5.92 Å². The van der Waals surface area contributed by atoms with Crippen molar-refractivity contribution in [2.45, 2.75) is 97.2 Å². The fourth-order valence-corrected chi connectivity index (χ4v) is 3.20. The quantitative estimate of drug-likeness (QED) is 0.692. The Kier molecular flexibility index (Phi) is 8.72. The molecule has 2 heteroatoms. The van der Waals surface area contributed by atoms with E-state index in [2.05, 4.69) is 38.3 Å². The van der Waals surface area contributed by atoms with Crippen molar-refractivity contribution in [3.63, 3.8) is 0 Å². The molecule has 19 heavy (non-hydrogen) atoms. The molecule has 1 rings (SSSR count). The first-order valence-electron chi connectivity index (χ1n) is 8.57. The van der Waals surface area contributed by atoms with Crippen molar-refractivity contribution in [3.05, 3.63) is 0 Å². The van der Waals surface area contributed by atoms with Crippen LogP contribution in [-0.2, 0) is 0 Å². The van der Waals surface area contributed by atoms with Gasteiger partial charge in [-0.2, -0.15) is 0 Å². The number of rotatable bonds is 8. The third kappa shape index (κ3) is 8.65. The summed E-state index contributed by atoms with van der Waals surface area (Å²) in [5.41, 5.74) is 0. The summed E-state index contributed by atoms with van der Waals surface area (Å²) in [5, 5.41) is 7.49. The second kappa shape index (κ2) is 9.77. The minimum atomic E-state index is 0.643. The average Bonchev–Trinajstić information content (AvgIpc) is 2.56. The van der Waals surface area contributed by atoms with Crippen LogP contribution in [0.2, 0.25) is 0 Å². The molecule has 2 nitrogen and oxygen atoms in total. The van der Waals surface area contributed by atoms with Gasteiger partial charge in [0, 0.05) is 18.1 Å². The minimum absolute atomic E-state index is 0.643. The molecule has 114 valence electrons. The van der Waals surface area contributed by atoms with Gasteiger partial charge < -0.3 is 10.6 Å². The molecule has 0 radical (unpaired) electrons. The van der Waals surface area contributed by atoms with Crippen LogP contribution in [0.5, 0.6) is 0 Å². The SMILES string of the molecule is CC(C)CCCC(C)NC(C)CC1CCCCCN1. The Balaban J connectivity index is 2.12. The van der Waals surface area contributed by atoms with E-state index in [0.717, 1.165) is 12.0 Å². The molecule has 0 aromatic heterocycles. The summed E-state index contributed by atoms with van der Waals surface area (Å²) >= 11 is 0. The summed E-state index contributed by atoms with van der Waals surface area (Å²) in [6, 6.07) is 2.05. The van der Waals surface area contributed by atoms with Crippen LogP contribution in [0.3, 0.4) is 0 Å². The Hall–Kier alpha value is -0.0800. The van der Waals surface area contributed by atoms with Gasteiger partial charge >= 0.3 is 0 Å². The summed E-state index contributed by atoms with van der Waals surface area (Å²) < 4.78 is 0. The van der Waals surface area contributed by atoms with Crippen molar-refractivity contribution in [3.8, 4) is 0 Å². The Morgan fingerprint density at radius 1 is 1.00 bits per heavy atom. The van der Waals surface area contributed by atoms with Crippen LogP contribution in [-0.4, -0.2) is 24.7 Å². The number of nitrogens with one attached hydrogen (secondary N) is 2. The largest absolute Gasteiger partial charge is 0.314 e. The lowest BCUT2D eigenvalue weighted by molar-refractivity contribution is 0.361. The molecule has 0 spiro atoms. The van der Waals surface area contributed by atoms with Crippen LogP contribution >= 0.6 is 0 Å². The molecule has 3 unspecified atom stereocenters. The fraction of sp³-hybridized carbons (Fsp3) is 1.00. The molecule has 1 aliphatic rings. The van der Waals surface area contributed by atoms with Crippen molar-refractivity contribution >= 4 is 0 Å². The maximum atomic E-state index is 3.78. The molecule has 1 saturated heterocycles. The summed E-state index contributed by atoms with van der Waals surface area (Å²) in [6.07, 6.45) is 10.9. The molecule has 0 bridgehead atoms. The van der Waals surface area contributed by atoms with Gasteiger partial charge in [-0.15, -0.1) is 0 Å². The first-order chi connectivity index (χ1) is 9.08. The molecule has 0 saturated carbocycles. The second-order valence-corrected chi connectivity index (χ2v) is 7.03. The molecule has 0 aromatic rings. The smallest absolute Gasteiger partial charge is 0.00817 e. The Bertz CT molecular complexity index is 207. The summed E-state index contributed by atoms with van der Waals surface area (Å²) in [5.74, 6) is 0.847. The molecular weight excluding hydrogens is 232 g/mol. The van der Waals surface area contributed by atoms with E-state index < -0.39 is 0 Å². The molecule has 1 fully saturated rings. The van der Waals surface area contributed by atoms with E-state index in [9.17, 15) is 0 Å². The zero-order chi connectivity index (χ0) is 14.1. The van der Waals surface area contributed by atoms with Crippen molar-refractivity contribution in [1.82, 2.24) is 10.6 Å². The molecule has 0 aromatic carbocycles. The van der Waals surface area contributed by atoms with Crippen LogP contribution < -0.4 is 10.6 Å². The first-order valence-corrected chi connectivity index (χ1v) is 8.57. The van der Waals surface area contributed by atoms with E-state index in [1.807, 2.05) is 0 Å². The van der Waals surface area contributed by atoms with Crippen LogP contribution in [0, 0.1) is 5.92 Å². The molecule has 0 amide bonds. The monoisotopic (exact) mass is 268 g/mol. The van der Waals surface area contributed by atoms with Crippen LogP contribution in [0.15, 0.2) is 0 Å². The molecule has 1 aliphatic heterocycles. The lowest BCUT2D eigenvalue weighted by Gasteiger charge is -2.24. The Labute approximate surface area is 121 Å².